The number of aliphatic hydroxyl groups excluding tert-OH is 1. The number of aliphatic hydroxyl groups is 1. The van der Waals surface area contributed by atoms with Crippen LogP contribution in [-0.4, -0.2) is 46.2 Å². The van der Waals surface area contributed by atoms with Gasteiger partial charge in [-0.2, -0.15) is 0 Å². The van der Waals surface area contributed by atoms with Gasteiger partial charge in [0.1, 0.15) is 17.3 Å². The maximum absolute atomic E-state index is 9.76. The molecule has 2 N–H and O–H groups in total. The van der Waals surface area contributed by atoms with E-state index < -0.39 is 0 Å². The lowest BCUT2D eigenvalue weighted by molar-refractivity contribution is 0.164. The molecule has 1 aliphatic carbocycles. The van der Waals surface area contributed by atoms with E-state index in [0.717, 1.165) is 41.4 Å². The van der Waals surface area contributed by atoms with Gasteiger partial charge >= 0.3 is 0 Å². The predicted molar refractivity (Wildman–Crippen MR) is 98.1 cm³/mol. The molecule has 0 bridgehead atoms. The molecule has 26 heavy (non-hydrogen) atoms. The molecule has 3 atom stereocenters. The molecule has 2 aliphatic rings. The Morgan fingerprint density at radius 1 is 0.962 bits per heavy atom. The van der Waals surface area contributed by atoms with Crippen LogP contribution in [-0.2, 0) is 9.47 Å². The Morgan fingerprint density at radius 3 is 2.19 bits per heavy atom. The second kappa shape index (κ2) is 8.01. The molecule has 142 valence electrons. The second-order valence-corrected chi connectivity index (χ2v) is 6.60. The smallest absolute Gasteiger partial charge is 0.156 e. The van der Waals surface area contributed by atoms with Crippen LogP contribution in [0.15, 0.2) is 41.4 Å². The van der Waals surface area contributed by atoms with Crippen LogP contribution in [0, 0.1) is 5.92 Å². The third-order valence-corrected chi connectivity index (χ3v) is 5.19. The second-order valence-electron chi connectivity index (χ2n) is 6.60. The van der Waals surface area contributed by atoms with Crippen LogP contribution in [0.3, 0.4) is 0 Å². The van der Waals surface area contributed by atoms with Gasteiger partial charge in [0.15, 0.2) is 5.76 Å². The zero-order valence-electron chi connectivity index (χ0n) is 15.7. The maximum Gasteiger partial charge on any atom is 0.156 e. The number of hydrogen-bond donors (Lipinski definition) is 2. The van der Waals surface area contributed by atoms with E-state index in [-0.39, 0.29) is 24.6 Å². The Kier molecular flexibility index (Phi) is 5.74. The van der Waals surface area contributed by atoms with Crippen LogP contribution in [0.25, 0.3) is 0 Å². The lowest BCUT2D eigenvalue weighted by Gasteiger charge is -2.41. The van der Waals surface area contributed by atoms with E-state index >= 15 is 0 Å². The van der Waals surface area contributed by atoms with Crippen molar-refractivity contribution in [2.45, 2.75) is 24.9 Å². The number of piperidine rings is 1. The van der Waals surface area contributed by atoms with Crippen molar-refractivity contribution in [2.75, 3.05) is 35.0 Å². The zero-order chi connectivity index (χ0) is 18.7. The van der Waals surface area contributed by atoms with Gasteiger partial charge in [0.25, 0.3) is 0 Å². The first kappa shape index (κ1) is 18.6. The molecule has 6 heteroatoms. The van der Waals surface area contributed by atoms with Crippen molar-refractivity contribution in [3.8, 4) is 11.5 Å². The standard InChI is InChI=1S/C20H27NO5/c1-23-15-6-13(7-16(9-15)24-2)20-17-10-19(26-4)18(25-3)8-12(17)5-14(11-22)21-20/h6-9,14,17,20-22H,5,10-11H2,1-4H3. The molecular formula is C20H27NO5. The molecule has 1 fully saturated rings. The minimum atomic E-state index is -0.0121. The summed E-state index contributed by atoms with van der Waals surface area (Å²) in [7, 11) is 6.61. The Morgan fingerprint density at radius 2 is 1.65 bits per heavy atom. The summed E-state index contributed by atoms with van der Waals surface area (Å²) in [5, 5.41) is 13.3. The molecule has 1 aromatic carbocycles. The number of hydrogen-bond acceptors (Lipinski definition) is 6. The summed E-state index contributed by atoms with van der Waals surface area (Å²) in [6.07, 6.45) is 3.57. The van der Waals surface area contributed by atoms with E-state index in [2.05, 4.69) is 11.4 Å². The first-order valence-corrected chi connectivity index (χ1v) is 8.75. The number of benzene rings is 1. The molecule has 1 heterocycles. The van der Waals surface area contributed by atoms with Crippen LogP contribution in [0.4, 0.5) is 0 Å². The van der Waals surface area contributed by atoms with Crippen LogP contribution in [0.1, 0.15) is 24.4 Å². The normalized spacial score (nSPS) is 25.3. The Balaban J connectivity index is 2.02. The number of ether oxygens (including phenoxy) is 4. The number of nitrogens with one attached hydrogen (secondary N) is 1. The van der Waals surface area contributed by atoms with E-state index in [4.69, 9.17) is 18.9 Å². The highest BCUT2D eigenvalue weighted by Gasteiger charge is 2.38. The molecule has 1 aliphatic heterocycles. The third kappa shape index (κ3) is 3.52. The molecule has 1 aromatic rings. The first-order chi connectivity index (χ1) is 12.6. The summed E-state index contributed by atoms with van der Waals surface area (Å²) in [4.78, 5) is 0. The minimum absolute atomic E-state index is 0.0121. The average Bonchev–Trinajstić information content (AvgIpc) is 2.71. The van der Waals surface area contributed by atoms with Gasteiger partial charge in [0, 0.05) is 30.5 Å². The van der Waals surface area contributed by atoms with E-state index in [0.29, 0.717) is 0 Å². The number of fused-ring (bicyclic) bond motifs is 1. The Hall–Kier alpha value is -2.18. The van der Waals surface area contributed by atoms with Crippen molar-refractivity contribution in [1.82, 2.24) is 5.32 Å². The maximum atomic E-state index is 9.76. The summed E-state index contributed by atoms with van der Waals surface area (Å²) in [6.45, 7) is 0.0742. The molecule has 3 rings (SSSR count). The van der Waals surface area contributed by atoms with Gasteiger partial charge in [0.2, 0.25) is 0 Å². The van der Waals surface area contributed by atoms with E-state index in [1.165, 1.54) is 5.57 Å². The number of rotatable bonds is 6. The fourth-order valence-electron chi connectivity index (χ4n) is 3.85. The Labute approximate surface area is 154 Å². The monoisotopic (exact) mass is 361 g/mol. The molecular weight excluding hydrogens is 334 g/mol. The number of methoxy groups -OCH3 is 4. The molecule has 6 nitrogen and oxygen atoms in total. The highest BCUT2D eigenvalue weighted by molar-refractivity contribution is 5.43. The van der Waals surface area contributed by atoms with E-state index in [9.17, 15) is 5.11 Å². The van der Waals surface area contributed by atoms with Crippen molar-refractivity contribution < 1.29 is 24.1 Å². The molecule has 0 amide bonds. The average molecular weight is 361 g/mol. The van der Waals surface area contributed by atoms with Crippen LogP contribution >= 0.6 is 0 Å². The summed E-state index contributed by atoms with van der Waals surface area (Å²) in [5.74, 6) is 3.30. The summed E-state index contributed by atoms with van der Waals surface area (Å²) in [6, 6.07) is 5.89. The highest BCUT2D eigenvalue weighted by atomic mass is 16.5. The summed E-state index contributed by atoms with van der Waals surface area (Å²) < 4.78 is 21.9. The molecule has 0 saturated carbocycles. The summed E-state index contributed by atoms with van der Waals surface area (Å²) >= 11 is 0. The van der Waals surface area contributed by atoms with Crippen molar-refractivity contribution >= 4 is 0 Å². The van der Waals surface area contributed by atoms with Crippen molar-refractivity contribution in [3.63, 3.8) is 0 Å². The molecule has 0 aromatic heterocycles. The van der Waals surface area contributed by atoms with Crippen molar-refractivity contribution in [2.24, 2.45) is 5.92 Å². The fraction of sp³-hybridized carbons (Fsp3) is 0.500. The minimum Gasteiger partial charge on any atom is -0.497 e. The quantitative estimate of drug-likeness (QED) is 0.812. The van der Waals surface area contributed by atoms with Crippen LogP contribution in [0.5, 0.6) is 11.5 Å². The van der Waals surface area contributed by atoms with Crippen molar-refractivity contribution in [1.29, 1.82) is 0 Å². The fourth-order valence-corrected chi connectivity index (χ4v) is 3.85. The molecule has 1 saturated heterocycles. The molecule has 0 spiro atoms. The zero-order valence-corrected chi connectivity index (χ0v) is 15.7. The number of allylic oxidation sites excluding steroid dienone is 2. The molecule has 0 radical (unpaired) electrons. The van der Waals surface area contributed by atoms with E-state index in [1.54, 1.807) is 28.4 Å². The Bertz CT molecular complexity index is 690. The summed E-state index contributed by atoms with van der Waals surface area (Å²) in [5.41, 5.74) is 2.32. The van der Waals surface area contributed by atoms with Crippen molar-refractivity contribution in [3.05, 3.63) is 46.9 Å². The van der Waals surface area contributed by atoms with E-state index in [1.807, 2.05) is 18.2 Å². The first-order valence-electron chi connectivity index (χ1n) is 8.75. The SMILES string of the molecule is COC1=C(OC)CC2C(=C1)CC(CO)NC2c1cc(OC)cc(OC)c1. The van der Waals surface area contributed by atoms with Gasteiger partial charge in [-0.1, -0.05) is 5.57 Å². The highest BCUT2D eigenvalue weighted by Crippen LogP contribution is 2.44. The van der Waals surface area contributed by atoms with Gasteiger partial charge in [-0.15, -0.1) is 0 Å². The van der Waals surface area contributed by atoms with Crippen LogP contribution < -0.4 is 14.8 Å². The third-order valence-electron chi connectivity index (χ3n) is 5.19. The van der Waals surface area contributed by atoms with Gasteiger partial charge in [-0.25, -0.2) is 0 Å². The largest absolute Gasteiger partial charge is 0.497 e. The predicted octanol–water partition coefficient (Wildman–Crippen LogP) is 2.55. The molecule has 3 unspecified atom stereocenters. The van der Waals surface area contributed by atoms with Gasteiger partial charge in [0.05, 0.1) is 35.0 Å². The lowest BCUT2D eigenvalue weighted by Crippen LogP contribution is -2.45. The van der Waals surface area contributed by atoms with Gasteiger partial charge < -0.3 is 29.4 Å². The lowest BCUT2D eigenvalue weighted by atomic mass is 9.75. The van der Waals surface area contributed by atoms with Gasteiger partial charge in [-0.05, 0) is 30.2 Å². The van der Waals surface area contributed by atoms with Crippen LogP contribution in [0.2, 0.25) is 0 Å². The topological polar surface area (TPSA) is 69.2 Å². The van der Waals surface area contributed by atoms with Gasteiger partial charge in [-0.3, -0.25) is 0 Å².